The second kappa shape index (κ2) is 5.73. The molecule has 0 fully saturated rings. The fourth-order valence-corrected chi connectivity index (χ4v) is 2.05. The Hall–Kier alpha value is -2.08. The van der Waals surface area contributed by atoms with Crippen LogP contribution in [0.2, 0.25) is 0 Å². The molecular formula is C15H14F4N2. The first-order chi connectivity index (χ1) is 9.82. The van der Waals surface area contributed by atoms with E-state index in [9.17, 15) is 17.6 Å². The van der Waals surface area contributed by atoms with Crippen LogP contribution in [0.5, 0.6) is 0 Å². The van der Waals surface area contributed by atoms with Gasteiger partial charge in [0.15, 0.2) is 0 Å². The number of halogens is 4. The Bertz CT molecular complexity index is 621. The van der Waals surface area contributed by atoms with E-state index in [2.05, 4.69) is 0 Å². The lowest BCUT2D eigenvalue weighted by molar-refractivity contribution is -0.138. The maximum atomic E-state index is 12.9. The zero-order valence-electron chi connectivity index (χ0n) is 11.3. The van der Waals surface area contributed by atoms with E-state index in [1.165, 1.54) is 24.3 Å². The smallest absolute Gasteiger partial charge is 0.345 e. The number of nitrogens with zero attached hydrogens (tertiary/aromatic N) is 1. The Morgan fingerprint density at radius 3 is 2.10 bits per heavy atom. The summed E-state index contributed by atoms with van der Waals surface area (Å²) in [7, 11) is 1.69. The van der Waals surface area contributed by atoms with E-state index in [0.717, 1.165) is 6.07 Å². The van der Waals surface area contributed by atoms with Gasteiger partial charge in [-0.3, -0.25) is 0 Å². The van der Waals surface area contributed by atoms with Crippen LogP contribution in [0.15, 0.2) is 42.5 Å². The van der Waals surface area contributed by atoms with Crippen LogP contribution in [-0.4, -0.2) is 7.05 Å². The Morgan fingerprint density at radius 2 is 1.57 bits per heavy atom. The third-order valence-corrected chi connectivity index (χ3v) is 3.22. The van der Waals surface area contributed by atoms with Crippen molar-refractivity contribution in [1.29, 1.82) is 0 Å². The minimum Gasteiger partial charge on any atom is -0.345 e. The number of nitrogens with two attached hydrogens (primary N) is 1. The van der Waals surface area contributed by atoms with Gasteiger partial charge in [-0.2, -0.15) is 13.2 Å². The van der Waals surface area contributed by atoms with Crippen LogP contribution in [0, 0.1) is 5.82 Å². The molecule has 2 rings (SSSR count). The third-order valence-electron chi connectivity index (χ3n) is 3.22. The van der Waals surface area contributed by atoms with Crippen LogP contribution in [0.4, 0.5) is 28.9 Å². The van der Waals surface area contributed by atoms with Gasteiger partial charge in [0.25, 0.3) is 0 Å². The van der Waals surface area contributed by atoms with E-state index in [-0.39, 0.29) is 17.9 Å². The molecule has 0 saturated carbocycles. The molecule has 2 aromatic rings. The zero-order chi connectivity index (χ0) is 15.6. The van der Waals surface area contributed by atoms with Gasteiger partial charge in [-0.1, -0.05) is 0 Å². The largest absolute Gasteiger partial charge is 0.416 e. The number of benzene rings is 2. The minimum absolute atomic E-state index is 0.0222. The van der Waals surface area contributed by atoms with Crippen LogP contribution < -0.4 is 10.6 Å². The highest BCUT2D eigenvalue weighted by atomic mass is 19.4. The molecule has 0 aromatic heterocycles. The molecule has 112 valence electrons. The van der Waals surface area contributed by atoms with Crippen molar-refractivity contribution in [2.75, 3.05) is 11.9 Å². The van der Waals surface area contributed by atoms with Crippen LogP contribution in [0.3, 0.4) is 0 Å². The second-order valence-corrected chi connectivity index (χ2v) is 4.58. The first kappa shape index (κ1) is 15.3. The number of anilines is 2. The molecule has 21 heavy (non-hydrogen) atoms. The molecule has 0 spiro atoms. The van der Waals surface area contributed by atoms with Gasteiger partial charge in [0.05, 0.1) is 5.56 Å². The second-order valence-electron chi connectivity index (χ2n) is 4.58. The Labute approximate surface area is 119 Å². The molecule has 0 aliphatic carbocycles. The first-order valence-electron chi connectivity index (χ1n) is 6.22. The first-order valence-corrected chi connectivity index (χ1v) is 6.22. The van der Waals surface area contributed by atoms with Gasteiger partial charge in [0.1, 0.15) is 5.82 Å². The molecule has 0 unspecified atom stereocenters. The molecule has 2 N–H and O–H groups in total. The average Bonchev–Trinajstić information content (AvgIpc) is 2.45. The average molecular weight is 298 g/mol. The fraction of sp³-hybridized carbons (Fsp3) is 0.200. The maximum absolute atomic E-state index is 12.9. The van der Waals surface area contributed by atoms with Gasteiger partial charge in [-0.25, -0.2) is 4.39 Å². The summed E-state index contributed by atoms with van der Waals surface area (Å²) in [6, 6.07) is 9.46. The van der Waals surface area contributed by atoms with Crippen molar-refractivity contribution in [3.8, 4) is 0 Å². The van der Waals surface area contributed by atoms with Crippen molar-refractivity contribution < 1.29 is 17.6 Å². The number of hydrogen-bond acceptors (Lipinski definition) is 2. The predicted molar refractivity (Wildman–Crippen MR) is 73.8 cm³/mol. The van der Waals surface area contributed by atoms with Gasteiger partial charge in [-0.15, -0.1) is 0 Å². The molecule has 0 radical (unpaired) electrons. The molecule has 0 amide bonds. The lowest BCUT2D eigenvalue weighted by atomic mass is 10.1. The Balaban J connectivity index is 2.38. The van der Waals surface area contributed by atoms with Crippen molar-refractivity contribution in [3.63, 3.8) is 0 Å². The van der Waals surface area contributed by atoms with Crippen molar-refractivity contribution in [3.05, 3.63) is 59.4 Å². The van der Waals surface area contributed by atoms with E-state index >= 15 is 0 Å². The van der Waals surface area contributed by atoms with Gasteiger partial charge in [-0.05, 0) is 48.0 Å². The van der Waals surface area contributed by atoms with Crippen LogP contribution >= 0.6 is 0 Å². The monoisotopic (exact) mass is 298 g/mol. The van der Waals surface area contributed by atoms with Gasteiger partial charge >= 0.3 is 6.18 Å². The summed E-state index contributed by atoms with van der Waals surface area (Å²) in [6.07, 6.45) is -4.43. The molecule has 2 nitrogen and oxygen atoms in total. The minimum atomic E-state index is -4.43. The van der Waals surface area contributed by atoms with Crippen molar-refractivity contribution in [2.45, 2.75) is 12.7 Å². The topological polar surface area (TPSA) is 29.3 Å². The summed E-state index contributed by atoms with van der Waals surface area (Å²) in [5, 5.41) is 0. The standard InChI is InChI=1S/C15H14F4N2/c1-21(12-4-2-11(16)3-5-12)13-6-7-14(15(17,18)19)10(8-13)9-20/h2-8H,9,20H2,1H3. The molecule has 6 heteroatoms. The van der Waals surface area contributed by atoms with Crippen LogP contribution in [-0.2, 0) is 12.7 Å². The number of rotatable bonds is 3. The lowest BCUT2D eigenvalue weighted by Crippen LogP contribution is -2.15. The van der Waals surface area contributed by atoms with Crippen molar-refractivity contribution in [1.82, 2.24) is 0 Å². The highest BCUT2D eigenvalue weighted by molar-refractivity contribution is 5.63. The molecular weight excluding hydrogens is 284 g/mol. The molecule has 0 atom stereocenters. The van der Waals surface area contributed by atoms with E-state index < -0.39 is 11.7 Å². The van der Waals surface area contributed by atoms with Gasteiger partial charge in [0, 0.05) is 25.0 Å². The fourth-order valence-electron chi connectivity index (χ4n) is 2.05. The quantitative estimate of drug-likeness (QED) is 0.865. The summed E-state index contributed by atoms with van der Waals surface area (Å²) < 4.78 is 51.4. The molecule has 0 aliphatic heterocycles. The predicted octanol–water partition coefficient (Wildman–Crippen LogP) is 4.07. The Kier molecular flexibility index (Phi) is 4.18. The number of hydrogen-bond donors (Lipinski definition) is 1. The summed E-state index contributed by atoms with van der Waals surface area (Å²) in [5.74, 6) is -0.373. The molecule has 0 saturated heterocycles. The van der Waals surface area contributed by atoms with E-state index in [1.807, 2.05) is 0 Å². The highest BCUT2D eigenvalue weighted by Crippen LogP contribution is 2.34. The summed E-state index contributed by atoms with van der Waals surface area (Å²) in [4.78, 5) is 1.67. The van der Waals surface area contributed by atoms with Crippen molar-refractivity contribution >= 4 is 11.4 Å². The molecule has 0 heterocycles. The summed E-state index contributed by atoms with van der Waals surface area (Å²) in [6.45, 7) is -0.208. The zero-order valence-corrected chi connectivity index (χ0v) is 11.3. The van der Waals surface area contributed by atoms with Crippen LogP contribution in [0.25, 0.3) is 0 Å². The van der Waals surface area contributed by atoms with E-state index in [1.54, 1.807) is 24.1 Å². The highest BCUT2D eigenvalue weighted by Gasteiger charge is 2.33. The van der Waals surface area contributed by atoms with E-state index in [4.69, 9.17) is 5.73 Å². The van der Waals surface area contributed by atoms with E-state index in [0.29, 0.717) is 11.4 Å². The van der Waals surface area contributed by atoms with Crippen LogP contribution in [0.1, 0.15) is 11.1 Å². The summed E-state index contributed by atoms with van der Waals surface area (Å²) in [5.41, 5.74) is 5.91. The SMILES string of the molecule is CN(c1ccc(F)cc1)c1ccc(C(F)(F)F)c(CN)c1. The maximum Gasteiger partial charge on any atom is 0.416 e. The molecule has 0 bridgehead atoms. The van der Waals surface area contributed by atoms with Gasteiger partial charge < -0.3 is 10.6 Å². The van der Waals surface area contributed by atoms with Crippen molar-refractivity contribution in [2.24, 2.45) is 5.73 Å². The Morgan fingerprint density at radius 1 is 1.00 bits per heavy atom. The van der Waals surface area contributed by atoms with Gasteiger partial charge in [0.2, 0.25) is 0 Å². The molecule has 0 aliphatic rings. The normalized spacial score (nSPS) is 11.5. The number of alkyl halides is 3. The third kappa shape index (κ3) is 3.33. The lowest BCUT2D eigenvalue weighted by Gasteiger charge is -2.22. The molecule has 2 aromatic carbocycles. The summed E-state index contributed by atoms with van der Waals surface area (Å²) >= 11 is 0.